The average molecular weight is 263 g/mol. The van der Waals surface area contributed by atoms with Crippen molar-refractivity contribution in [3.63, 3.8) is 0 Å². The quantitative estimate of drug-likeness (QED) is 0.481. The molecule has 19 heavy (non-hydrogen) atoms. The molecule has 0 spiro atoms. The van der Waals surface area contributed by atoms with Crippen LogP contribution >= 0.6 is 0 Å². The van der Waals surface area contributed by atoms with Crippen molar-refractivity contribution in [2.75, 3.05) is 5.32 Å². The van der Waals surface area contributed by atoms with E-state index >= 15 is 0 Å². The average Bonchev–Trinajstić information content (AvgIpc) is 2.31. The molecular weight excluding hydrogens is 242 g/mol. The molecule has 0 aliphatic heterocycles. The van der Waals surface area contributed by atoms with Gasteiger partial charge in [-0.3, -0.25) is 4.79 Å². The molecule has 0 aliphatic rings. The molecule has 0 aromatic heterocycles. The second kappa shape index (κ2) is 6.24. The topological polar surface area (TPSA) is 87.4 Å². The van der Waals surface area contributed by atoms with E-state index in [4.69, 9.17) is 5.73 Å². The number of phenolic OH excluding ortho intramolecular Hbond substituents is 1. The van der Waals surface area contributed by atoms with Gasteiger partial charge in [-0.1, -0.05) is 20.8 Å². The molecule has 0 saturated carbocycles. The first kappa shape index (κ1) is 15.0. The minimum Gasteiger partial charge on any atom is -0.508 e. The second-order valence-electron chi connectivity index (χ2n) is 5.41. The van der Waals surface area contributed by atoms with Gasteiger partial charge in [0, 0.05) is 11.7 Å². The summed E-state index contributed by atoms with van der Waals surface area (Å²) in [6.07, 6.45) is 2.36. The molecule has 0 saturated heterocycles. The van der Waals surface area contributed by atoms with Crippen LogP contribution in [-0.2, 0) is 4.79 Å². The third-order valence-electron chi connectivity index (χ3n) is 2.71. The molecule has 5 N–H and O–H groups in total. The Morgan fingerprint density at radius 1 is 1.32 bits per heavy atom. The molecule has 1 aromatic rings. The van der Waals surface area contributed by atoms with Crippen molar-refractivity contribution >= 4 is 12.1 Å². The SMILES string of the molecule is CC(C)(C)C(N)/C=C(/NC=O)Nc1ccc(O)cc1. The fraction of sp³-hybridized carbons (Fsp3) is 0.357. The molecule has 1 aromatic carbocycles. The highest BCUT2D eigenvalue weighted by molar-refractivity contribution is 5.56. The maximum atomic E-state index is 10.6. The number of aromatic hydroxyl groups is 1. The van der Waals surface area contributed by atoms with Crippen LogP contribution < -0.4 is 16.4 Å². The van der Waals surface area contributed by atoms with Gasteiger partial charge in [0.2, 0.25) is 6.41 Å². The molecule has 5 heteroatoms. The van der Waals surface area contributed by atoms with E-state index in [-0.39, 0.29) is 17.2 Å². The molecule has 1 unspecified atom stereocenters. The van der Waals surface area contributed by atoms with Crippen LogP contribution in [-0.4, -0.2) is 17.6 Å². The number of rotatable bonds is 5. The van der Waals surface area contributed by atoms with Gasteiger partial charge < -0.3 is 21.5 Å². The van der Waals surface area contributed by atoms with Crippen LogP contribution in [0.4, 0.5) is 5.69 Å². The predicted molar refractivity (Wildman–Crippen MR) is 76.4 cm³/mol. The Labute approximate surface area is 113 Å². The van der Waals surface area contributed by atoms with E-state index in [1.807, 2.05) is 20.8 Å². The number of hydrogen-bond acceptors (Lipinski definition) is 4. The van der Waals surface area contributed by atoms with Gasteiger partial charge in [-0.25, -0.2) is 0 Å². The van der Waals surface area contributed by atoms with Crippen LogP contribution in [0.5, 0.6) is 5.75 Å². The van der Waals surface area contributed by atoms with Crippen molar-refractivity contribution in [3.8, 4) is 5.75 Å². The monoisotopic (exact) mass is 263 g/mol. The third kappa shape index (κ3) is 5.01. The van der Waals surface area contributed by atoms with Crippen molar-refractivity contribution in [2.45, 2.75) is 26.8 Å². The van der Waals surface area contributed by atoms with Crippen LogP contribution in [0.25, 0.3) is 0 Å². The Hall–Kier alpha value is -2.01. The Morgan fingerprint density at radius 2 is 1.89 bits per heavy atom. The zero-order valence-electron chi connectivity index (χ0n) is 11.5. The number of carbonyl (C=O) groups excluding carboxylic acids is 1. The summed E-state index contributed by atoms with van der Waals surface area (Å²) in [6, 6.07) is 6.32. The number of benzene rings is 1. The van der Waals surface area contributed by atoms with E-state index in [0.29, 0.717) is 12.2 Å². The van der Waals surface area contributed by atoms with E-state index < -0.39 is 0 Å². The lowest BCUT2D eigenvalue weighted by atomic mass is 9.87. The van der Waals surface area contributed by atoms with Gasteiger partial charge in [0.05, 0.1) is 0 Å². The van der Waals surface area contributed by atoms with Gasteiger partial charge in [0.25, 0.3) is 0 Å². The maximum absolute atomic E-state index is 10.6. The molecule has 0 radical (unpaired) electrons. The largest absolute Gasteiger partial charge is 0.508 e. The number of hydrogen-bond donors (Lipinski definition) is 4. The van der Waals surface area contributed by atoms with Gasteiger partial charge >= 0.3 is 0 Å². The Morgan fingerprint density at radius 3 is 2.37 bits per heavy atom. The minimum absolute atomic E-state index is 0.105. The lowest BCUT2D eigenvalue weighted by Gasteiger charge is -2.25. The molecule has 0 aliphatic carbocycles. The molecule has 0 fully saturated rings. The lowest BCUT2D eigenvalue weighted by Crippen LogP contribution is -2.35. The van der Waals surface area contributed by atoms with E-state index in [1.165, 1.54) is 0 Å². The van der Waals surface area contributed by atoms with E-state index in [2.05, 4.69) is 10.6 Å². The highest BCUT2D eigenvalue weighted by atomic mass is 16.3. The Kier molecular flexibility index (Phi) is 4.94. The number of anilines is 1. The Bertz CT molecular complexity index is 447. The van der Waals surface area contributed by atoms with E-state index in [1.54, 1.807) is 30.3 Å². The molecule has 5 nitrogen and oxygen atoms in total. The van der Waals surface area contributed by atoms with Crippen molar-refractivity contribution in [2.24, 2.45) is 11.1 Å². The summed E-state index contributed by atoms with van der Waals surface area (Å²) in [6.45, 7) is 6.06. The van der Waals surface area contributed by atoms with E-state index in [0.717, 1.165) is 5.69 Å². The zero-order valence-corrected chi connectivity index (χ0v) is 11.5. The molecule has 1 amide bonds. The molecule has 0 heterocycles. The highest BCUT2D eigenvalue weighted by Gasteiger charge is 2.19. The van der Waals surface area contributed by atoms with Crippen LogP contribution in [0.3, 0.4) is 0 Å². The first-order chi connectivity index (χ1) is 8.82. The number of carbonyl (C=O) groups is 1. The van der Waals surface area contributed by atoms with Gasteiger partial charge in [-0.15, -0.1) is 0 Å². The summed E-state index contributed by atoms with van der Waals surface area (Å²) in [5, 5.41) is 14.8. The highest BCUT2D eigenvalue weighted by Crippen LogP contribution is 2.20. The summed E-state index contributed by atoms with van der Waals surface area (Å²) in [5.74, 6) is 0.703. The van der Waals surface area contributed by atoms with Crippen molar-refractivity contribution < 1.29 is 9.90 Å². The third-order valence-corrected chi connectivity index (χ3v) is 2.71. The minimum atomic E-state index is -0.209. The normalized spacial score (nSPS) is 13.8. The predicted octanol–water partition coefficient (Wildman–Crippen LogP) is 1.76. The number of nitrogens with one attached hydrogen (secondary N) is 2. The first-order valence-corrected chi connectivity index (χ1v) is 6.06. The first-order valence-electron chi connectivity index (χ1n) is 6.06. The standard InChI is InChI=1S/C14H21N3O2/c1-14(2,3)12(15)8-13(16-9-18)17-10-4-6-11(19)7-5-10/h4-9,12,17,19H,15H2,1-3H3,(H,16,18)/b13-8-. The summed E-state index contributed by atoms with van der Waals surface area (Å²) >= 11 is 0. The van der Waals surface area contributed by atoms with Gasteiger partial charge in [0.1, 0.15) is 11.6 Å². The van der Waals surface area contributed by atoms with Gasteiger partial charge in [0.15, 0.2) is 0 Å². The Balaban J connectivity index is 2.86. The molecule has 1 atom stereocenters. The smallest absolute Gasteiger partial charge is 0.212 e. The summed E-state index contributed by atoms with van der Waals surface area (Å²) in [7, 11) is 0. The summed E-state index contributed by atoms with van der Waals surface area (Å²) in [4.78, 5) is 10.6. The zero-order chi connectivity index (χ0) is 14.5. The molecule has 1 rings (SSSR count). The second-order valence-corrected chi connectivity index (χ2v) is 5.41. The summed E-state index contributed by atoms with van der Waals surface area (Å²) < 4.78 is 0. The van der Waals surface area contributed by atoms with Crippen LogP contribution in [0.1, 0.15) is 20.8 Å². The van der Waals surface area contributed by atoms with E-state index in [9.17, 15) is 9.90 Å². The van der Waals surface area contributed by atoms with Gasteiger partial charge in [-0.2, -0.15) is 0 Å². The number of nitrogens with two attached hydrogens (primary N) is 1. The molecular formula is C14H21N3O2. The van der Waals surface area contributed by atoms with Crippen LogP contribution in [0.15, 0.2) is 36.2 Å². The summed E-state index contributed by atoms with van der Waals surface area (Å²) in [5.41, 5.74) is 6.69. The van der Waals surface area contributed by atoms with Gasteiger partial charge in [-0.05, 0) is 35.8 Å². The molecule has 104 valence electrons. The lowest BCUT2D eigenvalue weighted by molar-refractivity contribution is -0.108. The number of amides is 1. The molecule has 0 bridgehead atoms. The fourth-order valence-corrected chi connectivity index (χ4v) is 1.32. The van der Waals surface area contributed by atoms with Crippen molar-refractivity contribution in [3.05, 3.63) is 36.2 Å². The number of phenols is 1. The van der Waals surface area contributed by atoms with Crippen molar-refractivity contribution in [1.29, 1.82) is 0 Å². The van der Waals surface area contributed by atoms with Crippen molar-refractivity contribution in [1.82, 2.24) is 5.32 Å². The van der Waals surface area contributed by atoms with Crippen LogP contribution in [0.2, 0.25) is 0 Å². The van der Waals surface area contributed by atoms with Crippen LogP contribution in [0, 0.1) is 5.41 Å². The fourth-order valence-electron chi connectivity index (χ4n) is 1.32. The maximum Gasteiger partial charge on any atom is 0.212 e.